The summed E-state index contributed by atoms with van der Waals surface area (Å²) in [6.45, 7) is 2.15. The number of likely N-dealkylation sites (tertiary alicyclic amines) is 1. The quantitative estimate of drug-likeness (QED) is 0.335. The van der Waals surface area contributed by atoms with E-state index < -0.39 is 4.92 Å². The van der Waals surface area contributed by atoms with Gasteiger partial charge in [-0.1, -0.05) is 12.1 Å². The normalized spacial score (nSPS) is 16.1. The topological polar surface area (TPSA) is 117 Å². The lowest BCUT2D eigenvalue weighted by Gasteiger charge is -2.32. The second kappa shape index (κ2) is 11.1. The Morgan fingerprint density at radius 3 is 2.55 bits per heavy atom. The van der Waals surface area contributed by atoms with Crippen LogP contribution < -0.4 is 10.6 Å². The van der Waals surface area contributed by atoms with Crippen molar-refractivity contribution in [2.45, 2.75) is 38.3 Å². The zero-order valence-corrected chi connectivity index (χ0v) is 20.7. The summed E-state index contributed by atoms with van der Waals surface area (Å²) in [6.07, 6.45) is 4.66. The number of piperidine rings is 1. The number of amides is 2. The summed E-state index contributed by atoms with van der Waals surface area (Å²) in [5.74, 6) is -0.381. The molecule has 0 radical (unpaired) electrons. The average molecular weight is 518 g/mol. The molecule has 5 rings (SSSR count). The summed E-state index contributed by atoms with van der Waals surface area (Å²) >= 11 is 0. The molecule has 196 valence electrons. The lowest BCUT2D eigenvalue weighted by molar-refractivity contribution is -0.384. The molecule has 2 heterocycles. The first-order valence-corrected chi connectivity index (χ1v) is 12.7. The molecule has 1 saturated heterocycles. The molecule has 2 aliphatic rings. The zero-order valence-electron chi connectivity index (χ0n) is 20.7. The van der Waals surface area contributed by atoms with Gasteiger partial charge in [0.15, 0.2) is 0 Å². The van der Waals surface area contributed by atoms with Crippen LogP contribution >= 0.6 is 0 Å². The van der Waals surface area contributed by atoms with E-state index in [9.17, 15) is 24.1 Å². The third-order valence-electron chi connectivity index (χ3n) is 6.94. The number of nitro benzene ring substituents is 1. The van der Waals surface area contributed by atoms with Gasteiger partial charge in [-0.15, -0.1) is 0 Å². The highest BCUT2D eigenvalue weighted by Gasteiger charge is 2.30. The van der Waals surface area contributed by atoms with E-state index in [4.69, 9.17) is 0 Å². The summed E-state index contributed by atoms with van der Waals surface area (Å²) < 4.78 is 13.5. The van der Waals surface area contributed by atoms with Gasteiger partial charge >= 0.3 is 0 Å². The van der Waals surface area contributed by atoms with E-state index in [2.05, 4.69) is 20.5 Å². The Kier molecular flexibility index (Phi) is 7.41. The monoisotopic (exact) mass is 517 g/mol. The summed E-state index contributed by atoms with van der Waals surface area (Å²) in [7, 11) is 0. The minimum absolute atomic E-state index is 0.00765. The highest BCUT2D eigenvalue weighted by molar-refractivity contribution is 5.97. The predicted octanol–water partition coefficient (Wildman–Crippen LogP) is 4.54. The van der Waals surface area contributed by atoms with Crippen molar-refractivity contribution in [3.05, 3.63) is 87.9 Å². The van der Waals surface area contributed by atoms with Crippen LogP contribution in [0.15, 0.2) is 60.8 Å². The van der Waals surface area contributed by atoms with Gasteiger partial charge in [-0.25, -0.2) is 9.37 Å². The molecular formula is C28H28FN5O4. The fourth-order valence-electron chi connectivity index (χ4n) is 4.71. The van der Waals surface area contributed by atoms with Crippen LogP contribution in [0.25, 0.3) is 11.1 Å². The van der Waals surface area contributed by atoms with Crippen molar-refractivity contribution in [2.75, 3.05) is 18.4 Å². The van der Waals surface area contributed by atoms with Crippen LogP contribution in [0.3, 0.4) is 0 Å². The molecule has 2 aromatic carbocycles. The van der Waals surface area contributed by atoms with Crippen LogP contribution in [-0.4, -0.2) is 45.8 Å². The molecular weight excluding hydrogens is 489 g/mol. The number of anilines is 1. The van der Waals surface area contributed by atoms with Crippen LogP contribution in [0, 0.1) is 21.8 Å². The molecule has 2 fully saturated rings. The molecule has 9 nitrogen and oxygen atoms in total. The number of halogens is 1. The van der Waals surface area contributed by atoms with E-state index in [1.54, 1.807) is 30.3 Å². The Hall–Kier alpha value is -4.18. The van der Waals surface area contributed by atoms with Crippen LogP contribution in [0.2, 0.25) is 0 Å². The van der Waals surface area contributed by atoms with E-state index >= 15 is 0 Å². The molecule has 0 spiro atoms. The Balaban J connectivity index is 1.23. The zero-order chi connectivity index (χ0) is 26.6. The lowest BCUT2D eigenvalue weighted by atomic mass is 10.0. The second-order valence-corrected chi connectivity index (χ2v) is 9.84. The number of aromatic nitrogens is 1. The molecule has 1 aliphatic carbocycles. The van der Waals surface area contributed by atoms with Crippen molar-refractivity contribution in [1.29, 1.82) is 0 Å². The van der Waals surface area contributed by atoms with Crippen molar-refractivity contribution < 1.29 is 18.9 Å². The van der Waals surface area contributed by atoms with E-state index in [1.807, 2.05) is 6.07 Å². The Bertz CT molecular complexity index is 1370. The summed E-state index contributed by atoms with van der Waals surface area (Å²) in [4.78, 5) is 42.8. The van der Waals surface area contributed by atoms with Crippen LogP contribution in [-0.2, 0) is 11.3 Å². The number of nitrogens with one attached hydrogen (secondary N) is 2. The van der Waals surface area contributed by atoms with Crippen molar-refractivity contribution >= 4 is 23.3 Å². The van der Waals surface area contributed by atoms with Crippen molar-refractivity contribution in [3.63, 3.8) is 0 Å². The molecule has 0 atom stereocenters. The number of nitro groups is 1. The number of benzene rings is 2. The van der Waals surface area contributed by atoms with Crippen LogP contribution in [0.4, 0.5) is 15.9 Å². The van der Waals surface area contributed by atoms with E-state index in [0.717, 1.165) is 44.3 Å². The first kappa shape index (κ1) is 25.5. The summed E-state index contributed by atoms with van der Waals surface area (Å²) in [5, 5.41) is 17.6. The van der Waals surface area contributed by atoms with Gasteiger partial charge in [-0.3, -0.25) is 24.6 Å². The first-order valence-electron chi connectivity index (χ1n) is 12.7. The maximum Gasteiger partial charge on any atom is 0.277 e. The number of hydrogen-bond acceptors (Lipinski definition) is 6. The molecule has 1 aromatic heterocycles. The van der Waals surface area contributed by atoms with Gasteiger partial charge in [-0.2, -0.15) is 0 Å². The van der Waals surface area contributed by atoms with Crippen molar-refractivity contribution in [1.82, 2.24) is 15.2 Å². The minimum atomic E-state index is -0.514. The Morgan fingerprint density at radius 1 is 1.05 bits per heavy atom. The van der Waals surface area contributed by atoms with E-state index in [-0.39, 0.29) is 40.8 Å². The standard InChI is InChI=1S/C28H28FN5O4/c29-22-3-1-2-18(14-22)17-33-12-9-23(10-13-33)31-28(36)21-6-7-24(25(15-21)34(37)38)20-8-11-30-26(16-20)32-27(35)19-4-5-19/h1-3,6-8,11,14-16,19,23H,4-5,9-10,12-13,17H2,(H,31,36)(H,30,32,35). The Labute approximate surface area is 219 Å². The van der Waals surface area contributed by atoms with Crippen LogP contribution in [0.5, 0.6) is 0 Å². The van der Waals surface area contributed by atoms with Gasteiger partial charge in [0.05, 0.1) is 10.5 Å². The molecule has 2 N–H and O–H groups in total. The minimum Gasteiger partial charge on any atom is -0.349 e. The Morgan fingerprint density at radius 2 is 1.84 bits per heavy atom. The molecule has 10 heteroatoms. The SMILES string of the molecule is O=C(NC1CCN(Cc2cccc(F)c2)CC1)c1ccc(-c2ccnc(NC(=O)C3CC3)c2)c([N+](=O)[O-])c1. The first-order chi connectivity index (χ1) is 18.4. The highest BCUT2D eigenvalue weighted by Crippen LogP contribution is 2.33. The number of rotatable bonds is 8. The lowest BCUT2D eigenvalue weighted by Crippen LogP contribution is -2.44. The molecule has 2 amide bonds. The number of nitrogens with zero attached hydrogens (tertiary/aromatic N) is 3. The number of hydrogen-bond donors (Lipinski definition) is 2. The third-order valence-corrected chi connectivity index (χ3v) is 6.94. The fraction of sp³-hybridized carbons (Fsp3) is 0.321. The smallest absolute Gasteiger partial charge is 0.277 e. The van der Waals surface area contributed by atoms with Gasteiger partial charge in [0, 0.05) is 49.4 Å². The molecule has 1 aliphatic heterocycles. The molecule has 1 saturated carbocycles. The van der Waals surface area contributed by atoms with E-state index in [0.29, 0.717) is 23.5 Å². The number of carbonyl (C=O) groups excluding carboxylic acids is 2. The predicted molar refractivity (Wildman–Crippen MR) is 140 cm³/mol. The highest BCUT2D eigenvalue weighted by atomic mass is 19.1. The van der Waals surface area contributed by atoms with Crippen molar-refractivity contribution in [3.8, 4) is 11.1 Å². The van der Waals surface area contributed by atoms with Gasteiger partial charge in [0.2, 0.25) is 5.91 Å². The second-order valence-electron chi connectivity index (χ2n) is 9.84. The van der Waals surface area contributed by atoms with Gasteiger partial charge in [0.1, 0.15) is 11.6 Å². The molecule has 3 aromatic rings. The van der Waals surface area contributed by atoms with Crippen LogP contribution in [0.1, 0.15) is 41.6 Å². The van der Waals surface area contributed by atoms with Gasteiger partial charge in [-0.05, 0) is 73.2 Å². The summed E-state index contributed by atoms with van der Waals surface area (Å²) in [6, 6.07) is 14.1. The largest absolute Gasteiger partial charge is 0.349 e. The van der Waals surface area contributed by atoms with Gasteiger partial charge in [0.25, 0.3) is 11.6 Å². The molecule has 0 bridgehead atoms. The average Bonchev–Trinajstić information content (AvgIpc) is 3.75. The van der Waals surface area contributed by atoms with E-state index in [1.165, 1.54) is 24.4 Å². The maximum absolute atomic E-state index is 13.5. The fourth-order valence-corrected chi connectivity index (χ4v) is 4.71. The van der Waals surface area contributed by atoms with Gasteiger partial charge < -0.3 is 10.6 Å². The number of carbonyl (C=O) groups is 2. The van der Waals surface area contributed by atoms with Crippen molar-refractivity contribution in [2.24, 2.45) is 5.92 Å². The number of pyridine rings is 1. The molecule has 0 unspecified atom stereocenters. The maximum atomic E-state index is 13.5. The summed E-state index contributed by atoms with van der Waals surface area (Å²) in [5.41, 5.74) is 1.77. The third kappa shape index (κ3) is 6.20. The molecule has 38 heavy (non-hydrogen) atoms.